The average Bonchev–Trinajstić information content (AvgIpc) is 2.69. The van der Waals surface area contributed by atoms with E-state index >= 15 is 0 Å². The molecule has 0 amide bonds. The second-order valence-electron chi connectivity index (χ2n) is 8.86. The maximum atomic E-state index is 12.0. The van der Waals surface area contributed by atoms with Crippen LogP contribution in [0.4, 0.5) is 0 Å². The van der Waals surface area contributed by atoms with E-state index in [1.807, 2.05) is 0 Å². The van der Waals surface area contributed by atoms with Gasteiger partial charge in [0.05, 0.1) is 12.4 Å². The molecule has 0 bridgehead atoms. The van der Waals surface area contributed by atoms with Crippen molar-refractivity contribution in [3.05, 3.63) is 0 Å². The smallest absolute Gasteiger partial charge is 0.211 e. The Hall–Kier alpha value is 0.480. The summed E-state index contributed by atoms with van der Waals surface area (Å²) in [6, 6.07) is 0. The minimum absolute atomic E-state index is 0.247. The van der Waals surface area contributed by atoms with Gasteiger partial charge >= 0.3 is 0 Å². The molecule has 0 aliphatic rings. The lowest BCUT2D eigenvalue weighted by molar-refractivity contribution is 0.300. The summed E-state index contributed by atoms with van der Waals surface area (Å²) in [6.07, 6.45) is 21.4. The summed E-state index contributed by atoms with van der Waals surface area (Å²) in [6.45, 7) is 2.26. The van der Waals surface area contributed by atoms with Crippen LogP contribution in [0.3, 0.4) is 0 Å². The van der Waals surface area contributed by atoms with Crippen LogP contribution < -0.4 is 4.72 Å². The first-order valence-electron chi connectivity index (χ1n) is 12.7. The van der Waals surface area contributed by atoms with Crippen molar-refractivity contribution < 1.29 is 17.8 Å². The minimum Gasteiger partial charge on any atom is -0.345 e. The quantitative estimate of drug-likeness (QED) is 0.112. The van der Waals surface area contributed by atoms with Crippen LogP contribution in [0.2, 0.25) is 0 Å². The maximum Gasteiger partial charge on any atom is 0.211 e. The predicted molar refractivity (Wildman–Crippen MR) is 139 cm³/mol. The molecule has 2 N–H and O–H groups in total. The molecule has 0 saturated heterocycles. The molecule has 1 unspecified atom stereocenters. The highest BCUT2D eigenvalue weighted by molar-refractivity contribution is 8.09. The highest BCUT2D eigenvalue weighted by Gasteiger charge is 2.09. The zero-order chi connectivity index (χ0) is 23.3. The van der Waals surface area contributed by atoms with Crippen LogP contribution in [0, 0.1) is 0 Å². The second-order valence-corrected chi connectivity index (χ2v) is 14.7. The molecule has 5 nitrogen and oxygen atoms in total. The first kappa shape index (κ1) is 31.5. The first-order valence-corrected chi connectivity index (χ1v) is 17.5. The molecule has 0 fully saturated rings. The van der Waals surface area contributed by atoms with Gasteiger partial charge in [-0.1, -0.05) is 103 Å². The highest BCUT2D eigenvalue weighted by Crippen LogP contribution is 2.37. The van der Waals surface area contributed by atoms with Gasteiger partial charge in [-0.3, -0.25) is 0 Å². The third kappa shape index (κ3) is 26.6. The molecule has 0 rings (SSSR count). The molecule has 188 valence electrons. The summed E-state index contributed by atoms with van der Waals surface area (Å²) < 4.78 is 31.9. The second kappa shape index (κ2) is 21.0. The van der Waals surface area contributed by atoms with E-state index in [-0.39, 0.29) is 5.75 Å². The third-order valence-electron chi connectivity index (χ3n) is 5.49. The van der Waals surface area contributed by atoms with Gasteiger partial charge in [-0.05, 0) is 31.1 Å². The lowest BCUT2D eigenvalue weighted by atomic mass is 10.0. The SMILES string of the molecule is CCCCCCCCCCCCCCCCS(=O)(=O)NCCCCCCOP(C)(O)=S. The number of hydrogen-bond acceptors (Lipinski definition) is 4. The lowest BCUT2D eigenvalue weighted by Crippen LogP contribution is -2.27. The van der Waals surface area contributed by atoms with Crippen LogP contribution in [0.1, 0.15) is 122 Å². The molecule has 0 aromatic heterocycles. The zero-order valence-corrected chi connectivity index (χ0v) is 22.8. The molecule has 0 aromatic rings. The highest BCUT2D eigenvalue weighted by atomic mass is 32.5. The minimum atomic E-state index is -3.13. The molecular formula is C23H50NO4PS2. The van der Waals surface area contributed by atoms with E-state index in [1.165, 1.54) is 70.6 Å². The van der Waals surface area contributed by atoms with Gasteiger partial charge < -0.3 is 9.42 Å². The largest absolute Gasteiger partial charge is 0.345 e. The summed E-state index contributed by atoms with van der Waals surface area (Å²) in [5.74, 6) is 0.247. The van der Waals surface area contributed by atoms with Crippen molar-refractivity contribution in [3.8, 4) is 0 Å². The Morgan fingerprint density at radius 2 is 1.16 bits per heavy atom. The van der Waals surface area contributed by atoms with Crippen LogP contribution in [-0.4, -0.2) is 38.9 Å². The fourth-order valence-electron chi connectivity index (χ4n) is 3.60. The molecule has 0 saturated carbocycles. The van der Waals surface area contributed by atoms with Crippen molar-refractivity contribution in [2.75, 3.05) is 25.6 Å². The standard InChI is InChI=1S/C23H50NO4PS2/c1-3-4-5-6-7-8-9-10-11-12-13-14-17-20-23-31(26,27)24-21-18-15-16-19-22-28-29(2,25)30/h24H,3-23H2,1-2H3,(H,25,30). The summed E-state index contributed by atoms with van der Waals surface area (Å²) in [7, 11) is -3.13. The van der Waals surface area contributed by atoms with Crippen LogP contribution in [-0.2, 0) is 26.4 Å². The van der Waals surface area contributed by atoms with Crippen molar-refractivity contribution in [1.29, 1.82) is 0 Å². The Labute approximate surface area is 198 Å². The van der Waals surface area contributed by atoms with Crippen LogP contribution >= 0.6 is 6.49 Å². The normalized spacial score (nSPS) is 14.0. The Morgan fingerprint density at radius 1 is 0.742 bits per heavy atom. The molecule has 0 aliphatic carbocycles. The number of rotatable bonds is 24. The molecule has 0 radical (unpaired) electrons. The van der Waals surface area contributed by atoms with Gasteiger partial charge in [0.2, 0.25) is 10.0 Å². The number of nitrogens with one attached hydrogen (secondary N) is 1. The van der Waals surface area contributed by atoms with E-state index in [4.69, 9.17) is 16.3 Å². The van der Waals surface area contributed by atoms with Crippen molar-refractivity contribution in [2.24, 2.45) is 0 Å². The summed E-state index contributed by atoms with van der Waals surface area (Å²) in [4.78, 5) is 9.37. The van der Waals surface area contributed by atoms with E-state index in [2.05, 4.69) is 11.6 Å². The van der Waals surface area contributed by atoms with E-state index < -0.39 is 16.5 Å². The van der Waals surface area contributed by atoms with E-state index in [0.29, 0.717) is 13.2 Å². The van der Waals surface area contributed by atoms with Crippen LogP contribution in [0.5, 0.6) is 0 Å². The molecule has 8 heteroatoms. The Bertz CT molecular complexity index is 538. The van der Waals surface area contributed by atoms with Gasteiger partial charge in [-0.25, -0.2) is 13.1 Å². The number of unbranched alkanes of at least 4 members (excludes halogenated alkanes) is 16. The number of hydrogen-bond donors (Lipinski definition) is 2. The fourth-order valence-corrected chi connectivity index (χ4v) is 5.48. The topological polar surface area (TPSA) is 75.6 Å². The van der Waals surface area contributed by atoms with Crippen LogP contribution in [0.25, 0.3) is 0 Å². The van der Waals surface area contributed by atoms with Gasteiger partial charge in [0.25, 0.3) is 0 Å². The summed E-state index contributed by atoms with van der Waals surface area (Å²) in [5, 5.41) is 0. The third-order valence-corrected chi connectivity index (χ3v) is 7.94. The van der Waals surface area contributed by atoms with Crippen molar-refractivity contribution in [2.45, 2.75) is 122 Å². The van der Waals surface area contributed by atoms with Crippen molar-refractivity contribution in [1.82, 2.24) is 4.72 Å². The summed E-state index contributed by atoms with van der Waals surface area (Å²) >= 11 is 4.81. The monoisotopic (exact) mass is 499 g/mol. The van der Waals surface area contributed by atoms with Gasteiger partial charge in [0.1, 0.15) is 0 Å². The molecular weight excluding hydrogens is 449 g/mol. The van der Waals surface area contributed by atoms with Crippen molar-refractivity contribution in [3.63, 3.8) is 0 Å². The molecule has 1 atom stereocenters. The average molecular weight is 500 g/mol. The Kier molecular flexibility index (Phi) is 21.4. The molecule has 0 aromatic carbocycles. The number of sulfonamides is 1. The fraction of sp³-hybridized carbons (Fsp3) is 1.00. The lowest BCUT2D eigenvalue weighted by Gasteiger charge is -2.10. The molecule has 0 aliphatic heterocycles. The predicted octanol–water partition coefficient (Wildman–Crippen LogP) is 6.90. The van der Waals surface area contributed by atoms with Crippen LogP contribution in [0.15, 0.2) is 0 Å². The first-order chi connectivity index (χ1) is 14.8. The van der Waals surface area contributed by atoms with E-state index in [9.17, 15) is 13.3 Å². The molecule has 0 heterocycles. The van der Waals surface area contributed by atoms with Gasteiger partial charge in [-0.2, -0.15) is 0 Å². The van der Waals surface area contributed by atoms with Gasteiger partial charge in [-0.15, -0.1) is 0 Å². The molecule has 0 spiro atoms. The van der Waals surface area contributed by atoms with Gasteiger partial charge in [0, 0.05) is 13.2 Å². The Morgan fingerprint density at radius 3 is 1.65 bits per heavy atom. The Balaban J connectivity index is 3.36. The van der Waals surface area contributed by atoms with Crippen molar-refractivity contribution >= 4 is 28.3 Å². The van der Waals surface area contributed by atoms with E-state index in [1.54, 1.807) is 6.66 Å². The van der Waals surface area contributed by atoms with Gasteiger partial charge in [0.15, 0.2) is 6.49 Å². The summed E-state index contributed by atoms with van der Waals surface area (Å²) in [5.41, 5.74) is 0. The molecule has 31 heavy (non-hydrogen) atoms. The zero-order valence-electron chi connectivity index (χ0n) is 20.3. The maximum absolute atomic E-state index is 12.0. The van der Waals surface area contributed by atoms with E-state index in [0.717, 1.165) is 44.9 Å².